The molecule has 0 saturated carbocycles. The maximum atomic E-state index is 12.0. The Bertz CT molecular complexity index is 689. The van der Waals surface area contributed by atoms with Gasteiger partial charge in [-0.05, 0) is 6.42 Å². The first kappa shape index (κ1) is 11.3. The fraction of sp³-hybridized carbons (Fsp3) is 0.333. The maximum Gasteiger partial charge on any atom is 0.328 e. The molecule has 5 nitrogen and oxygen atoms in total. The Kier molecular flexibility index (Phi) is 2.79. The van der Waals surface area contributed by atoms with Crippen molar-refractivity contribution in [1.82, 2.24) is 18.5 Å². The molecule has 0 amide bonds. The number of hydrogen-bond acceptors (Lipinski definition) is 3. The first-order valence-corrected chi connectivity index (χ1v) is 6.82. The van der Waals surface area contributed by atoms with Gasteiger partial charge in [0.05, 0.1) is 12.2 Å². The Morgan fingerprint density at radius 3 is 2.89 bits per heavy atom. The molecule has 0 radical (unpaired) electrons. The van der Waals surface area contributed by atoms with Crippen molar-refractivity contribution in [2.24, 2.45) is 0 Å². The predicted molar refractivity (Wildman–Crippen MR) is 71.2 cm³/mol. The summed E-state index contributed by atoms with van der Waals surface area (Å²) in [7, 11) is 0. The van der Waals surface area contributed by atoms with Gasteiger partial charge in [0.25, 0.3) is 0 Å². The van der Waals surface area contributed by atoms with Crippen molar-refractivity contribution in [2.45, 2.75) is 26.4 Å². The number of fused-ring (bicyclic) bond motifs is 1. The van der Waals surface area contributed by atoms with Crippen LogP contribution in [-0.4, -0.2) is 18.5 Å². The minimum atomic E-state index is 0.0354. The van der Waals surface area contributed by atoms with Gasteiger partial charge in [-0.3, -0.25) is 13.5 Å². The van der Waals surface area contributed by atoms with E-state index in [4.69, 9.17) is 0 Å². The van der Waals surface area contributed by atoms with Crippen molar-refractivity contribution >= 4 is 16.3 Å². The second kappa shape index (κ2) is 4.45. The van der Waals surface area contributed by atoms with Crippen LogP contribution in [0.25, 0.3) is 4.96 Å². The lowest BCUT2D eigenvalue weighted by Gasteiger charge is -1.98. The fourth-order valence-electron chi connectivity index (χ4n) is 2.01. The second-order valence-corrected chi connectivity index (χ2v) is 5.10. The molecule has 0 N–H and O–H groups in total. The zero-order valence-electron chi connectivity index (χ0n) is 10.1. The number of thiazole rings is 1. The van der Waals surface area contributed by atoms with Gasteiger partial charge in [-0.2, -0.15) is 0 Å². The summed E-state index contributed by atoms with van der Waals surface area (Å²) >= 11 is 1.60. The molecule has 94 valence electrons. The fourth-order valence-corrected chi connectivity index (χ4v) is 2.73. The van der Waals surface area contributed by atoms with Crippen LogP contribution in [0.2, 0.25) is 0 Å². The molecule has 0 aromatic carbocycles. The maximum absolute atomic E-state index is 12.0. The molecule has 3 aromatic heterocycles. The van der Waals surface area contributed by atoms with Crippen LogP contribution in [0.15, 0.2) is 35.0 Å². The lowest BCUT2D eigenvalue weighted by Crippen LogP contribution is -2.24. The lowest BCUT2D eigenvalue weighted by molar-refractivity contribution is 0.622. The molecule has 0 spiro atoms. The Balaban J connectivity index is 1.88. The van der Waals surface area contributed by atoms with Gasteiger partial charge in [0.15, 0.2) is 4.96 Å². The van der Waals surface area contributed by atoms with E-state index in [1.807, 2.05) is 34.6 Å². The summed E-state index contributed by atoms with van der Waals surface area (Å²) in [6.45, 7) is 3.36. The van der Waals surface area contributed by atoms with Gasteiger partial charge in [0.1, 0.15) is 0 Å². The Labute approximate surface area is 108 Å². The summed E-state index contributed by atoms with van der Waals surface area (Å²) < 4.78 is 5.41. The third-order valence-electron chi connectivity index (χ3n) is 2.86. The minimum Gasteiger partial charge on any atom is -0.299 e. The molecule has 0 unspecified atom stereocenters. The molecular formula is C12H14N4OS. The molecule has 0 fully saturated rings. The standard InChI is InChI=1S/C12H14N4OS/c1-2-3-14-4-5-16(12(14)17)9-10-8-15-6-7-18-11(15)13-10/h4-8H,2-3,9H2,1H3. The van der Waals surface area contributed by atoms with Crippen LogP contribution in [0.3, 0.4) is 0 Å². The number of hydrogen-bond donors (Lipinski definition) is 0. The highest BCUT2D eigenvalue weighted by Gasteiger charge is 2.06. The zero-order valence-corrected chi connectivity index (χ0v) is 10.9. The van der Waals surface area contributed by atoms with Crippen molar-refractivity contribution in [3.05, 3.63) is 46.3 Å². The SMILES string of the molecule is CCCn1ccn(Cc2cn3ccsc3n2)c1=O. The first-order valence-electron chi connectivity index (χ1n) is 5.94. The van der Waals surface area contributed by atoms with Gasteiger partial charge in [0.2, 0.25) is 0 Å². The van der Waals surface area contributed by atoms with Crippen molar-refractivity contribution in [2.75, 3.05) is 0 Å². The van der Waals surface area contributed by atoms with Gasteiger partial charge in [-0.1, -0.05) is 6.92 Å². The van der Waals surface area contributed by atoms with E-state index >= 15 is 0 Å². The summed E-state index contributed by atoms with van der Waals surface area (Å²) in [5.41, 5.74) is 0.950. The van der Waals surface area contributed by atoms with E-state index in [9.17, 15) is 4.79 Å². The third-order valence-corrected chi connectivity index (χ3v) is 3.63. The Morgan fingerprint density at radius 1 is 1.28 bits per heavy atom. The highest BCUT2D eigenvalue weighted by molar-refractivity contribution is 7.15. The van der Waals surface area contributed by atoms with Crippen LogP contribution in [0.5, 0.6) is 0 Å². The van der Waals surface area contributed by atoms with E-state index in [0.717, 1.165) is 23.6 Å². The van der Waals surface area contributed by atoms with E-state index in [-0.39, 0.29) is 5.69 Å². The molecule has 6 heteroatoms. The molecule has 0 bridgehead atoms. The van der Waals surface area contributed by atoms with Crippen LogP contribution in [0, 0.1) is 0 Å². The quantitative estimate of drug-likeness (QED) is 0.720. The minimum absolute atomic E-state index is 0.0354. The van der Waals surface area contributed by atoms with E-state index in [1.54, 1.807) is 20.5 Å². The molecule has 0 aliphatic heterocycles. The van der Waals surface area contributed by atoms with Crippen LogP contribution in [0.4, 0.5) is 0 Å². The van der Waals surface area contributed by atoms with Crippen LogP contribution in [0.1, 0.15) is 19.0 Å². The number of nitrogens with zero attached hydrogens (tertiary/aromatic N) is 4. The van der Waals surface area contributed by atoms with E-state index in [0.29, 0.717) is 6.54 Å². The first-order chi connectivity index (χ1) is 8.78. The normalized spacial score (nSPS) is 11.4. The summed E-state index contributed by atoms with van der Waals surface area (Å²) in [5.74, 6) is 0. The molecule has 3 heterocycles. The third kappa shape index (κ3) is 1.88. The predicted octanol–water partition coefficient (Wildman–Crippen LogP) is 1.82. The average molecular weight is 262 g/mol. The van der Waals surface area contributed by atoms with Crippen molar-refractivity contribution in [3.8, 4) is 0 Å². The highest BCUT2D eigenvalue weighted by atomic mass is 32.1. The van der Waals surface area contributed by atoms with E-state index < -0.39 is 0 Å². The van der Waals surface area contributed by atoms with Crippen molar-refractivity contribution in [1.29, 1.82) is 0 Å². The smallest absolute Gasteiger partial charge is 0.299 e. The number of imidazole rings is 2. The second-order valence-electron chi connectivity index (χ2n) is 4.23. The molecule has 0 aliphatic rings. The van der Waals surface area contributed by atoms with Crippen LogP contribution < -0.4 is 5.69 Å². The van der Waals surface area contributed by atoms with Gasteiger partial charge in [-0.25, -0.2) is 9.78 Å². The van der Waals surface area contributed by atoms with Gasteiger partial charge < -0.3 is 0 Å². The molecule has 3 aromatic rings. The largest absolute Gasteiger partial charge is 0.328 e. The Morgan fingerprint density at radius 2 is 2.11 bits per heavy atom. The summed E-state index contributed by atoms with van der Waals surface area (Å²) in [5, 5.41) is 2.00. The molecule has 0 saturated heterocycles. The molecular weight excluding hydrogens is 248 g/mol. The van der Waals surface area contributed by atoms with Gasteiger partial charge >= 0.3 is 5.69 Å². The molecule has 18 heavy (non-hydrogen) atoms. The van der Waals surface area contributed by atoms with E-state index in [1.165, 1.54) is 0 Å². The van der Waals surface area contributed by atoms with Gasteiger partial charge in [0, 0.05) is 36.7 Å². The van der Waals surface area contributed by atoms with Gasteiger partial charge in [-0.15, -0.1) is 11.3 Å². The van der Waals surface area contributed by atoms with E-state index in [2.05, 4.69) is 11.9 Å². The lowest BCUT2D eigenvalue weighted by atomic mass is 10.5. The molecule has 3 rings (SSSR count). The van der Waals surface area contributed by atoms with Crippen molar-refractivity contribution in [3.63, 3.8) is 0 Å². The number of aryl methyl sites for hydroxylation is 1. The summed E-state index contributed by atoms with van der Waals surface area (Å²) in [6, 6.07) is 0. The number of rotatable bonds is 4. The van der Waals surface area contributed by atoms with Crippen LogP contribution >= 0.6 is 11.3 Å². The average Bonchev–Trinajstić information content (AvgIpc) is 2.99. The Hall–Kier alpha value is -1.82. The summed E-state index contributed by atoms with van der Waals surface area (Å²) in [4.78, 5) is 17.5. The summed E-state index contributed by atoms with van der Waals surface area (Å²) in [6.07, 6.45) is 8.57. The zero-order chi connectivity index (χ0) is 12.5. The molecule has 0 atom stereocenters. The number of aromatic nitrogens is 4. The topological polar surface area (TPSA) is 44.2 Å². The molecule has 0 aliphatic carbocycles. The van der Waals surface area contributed by atoms with Crippen LogP contribution in [-0.2, 0) is 13.1 Å². The highest BCUT2D eigenvalue weighted by Crippen LogP contribution is 2.11. The van der Waals surface area contributed by atoms with Crippen molar-refractivity contribution < 1.29 is 0 Å². The monoisotopic (exact) mass is 262 g/mol.